The number of ether oxygens (including phenoxy) is 1. The van der Waals surface area contributed by atoms with Gasteiger partial charge in [0.1, 0.15) is 11.9 Å². The lowest BCUT2D eigenvalue weighted by Gasteiger charge is -2.33. The van der Waals surface area contributed by atoms with Gasteiger partial charge in [0.2, 0.25) is 5.91 Å². The van der Waals surface area contributed by atoms with Gasteiger partial charge in [0, 0.05) is 6.54 Å². The van der Waals surface area contributed by atoms with Crippen molar-refractivity contribution in [2.24, 2.45) is 0 Å². The highest BCUT2D eigenvalue weighted by Gasteiger charge is 2.24. The van der Waals surface area contributed by atoms with E-state index in [1.807, 2.05) is 0 Å². The smallest absolute Gasteiger partial charge is 0.236 e. The summed E-state index contributed by atoms with van der Waals surface area (Å²) in [7, 11) is 1.75. The summed E-state index contributed by atoms with van der Waals surface area (Å²) in [6.07, 6.45) is -0.167. The van der Waals surface area contributed by atoms with Crippen molar-refractivity contribution in [2.45, 2.75) is 6.10 Å². The fourth-order valence-corrected chi connectivity index (χ4v) is 2.02. The largest absolute Gasteiger partial charge is 0.370 e. The van der Waals surface area contributed by atoms with E-state index in [0.717, 1.165) is 5.56 Å². The Hall–Kier alpha value is -1.46. The Morgan fingerprint density at radius 2 is 2.22 bits per heavy atom. The first-order valence-electron chi connectivity index (χ1n) is 6.00. The van der Waals surface area contributed by atoms with E-state index in [2.05, 4.69) is 5.32 Å². The van der Waals surface area contributed by atoms with Crippen LogP contribution in [0.5, 0.6) is 0 Å². The summed E-state index contributed by atoms with van der Waals surface area (Å²) in [6, 6.07) is 6.22. The number of halogens is 1. The second-order valence-electron chi connectivity index (χ2n) is 4.28. The molecule has 1 N–H and O–H groups in total. The number of morpholine rings is 1. The molecule has 0 aromatic heterocycles. The monoisotopic (exact) mass is 252 g/mol. The topological polar surface area (TPSA) is 41.6 Å². The minimum Gasteiger partial charge on any atom is -0.370 e. The van der Waals surface area contributed by atoms with Crippen LogP contribution in [0, 0.1) is 5.82 Å². The molecule has 0 bridgehead atoms. The van der Waals surface area contributed by atoms with Gasteiger partial charge in [-0.25, -0.2) is 4.39 Å². The molecule has 1 saturated heterocycles. The summed E-state index contributed by atoms with van der Waals surface area (Å²) < 4.78 is 18.5. The van der Waals surface area contributed by atoms with Crippen molar-refractivity contribution in [1.82, 2.24) is 10.2 Å². The average Bonchev–Trinajstić information content (AvgIpc) is 2.40. The van der Waals surface area contributed by atoms with Crippen LogP contribution in [0.2, 0.25) is 0 Å². The Morgan fingerprint density at radius 3 is 2.89 bits per heavy atom. The predicted octanol–water partition coefficient (Wildman–Crippen LogP) is 0.945. The van der Waals surface area contributed by atoms with Gasteiger partial charge in [-0.05, 0) is 24.7 Å². The second kappa shape index (κ2) is 5.93. The van der Waals surface area contributed by atoms with E-state index in [-0.39, 0.29) is 17.8 Å². The van der Waals surface area contributed by atoms with Crippen molar-refractivity contribution in [2.75, 3.05) is 33.3 Å². The normalized spacial score (nSPS) is 19.9. The van der Waals surface area contributed by atoms with Crippen molar-refractivity contribution >= 4 is 5.91 Å². The van der Waals surface area contributed by atoms with Crippen LogP contribution in [-0.2, 0) is 9.53 Å². The fraction of sp³-hybridized carbons (Fsp3) is 0.462. The minimum absolute atomic E-state index is 0.0629. The molecule has 4 nitrogen and oxygen atoms in total. The Morgan fingerprint density at radius 1 is 1.50 bits per heavy atom. The van der Waals surface area contributed by atoms with Crippen molar-refractivity contribution in [3.05, 3.63) is 35.6 Å². The number of carbonyl (C=O) groups excluding carboxylic acids is 1. The number of nitrogens with zero attached hydrogens (tertiary/aromatic N) is 1. The maximum absolute atomic E-state index is 12.8. The Balaban J connectivity index is 2.02. The van der Waals surface area contributed by atoms with E-state index in [1.165, 1.54) is 12.1 Å². The molecule has 1 atom stereocenters. The van der Waals surface area contributed by atoms with Gasteiger partial charge < -0.3 is 15.0 Å². The molecule has 0 radical (unpaired) electrons. The molecule has 98 valence electrons. The summed E-state index contributed by atoms with van der Waals surface area (Å²) >= 11 is 0. The summed E-state index contributed by atoms with van der Waals surface area (Å²) in [5.41, 5.74) is 0.901. The van der Waals surface area contributed by atoms with Gasteiger partial charge in [-0.3, -0.25) is 4.79 Å². The molecule has 1 aliphatic heterocycles. The number of rotatable bonds is 3. The first-order chi connectivity index (χ1) is 8.70. The Kier molecular flexibility index (Phi) is 4.28. The molecule has 1 aromatic rings. The first-order valence-corrected chi connectivity index (χ1v) is 6.00. The quantitative estimate of drug-likeness (QED) is 0.870. The number of amides is 1. The number of benzene rings is 1. The van der Waals surface area contributed by atoms with E-state index in [0.29, 0.717) is 26.2 Å². The Bertz CT molecular complexity index is 408. The van der Waals surface area contributed by atoms with E-state index < -0.39 is 0 Å². The van der Waals surface area contributed by atoms with Gasteiger partial charge in [0.05, 0.1) is 19.7 Å². The highest BCUT2D eigenvalue weighted by molar-refractivity contribution is 5.78. The predicted molar refractivity (Wildman–Crippen MR) is 65.6 cm³/mol. The molecule has 5 heteroatoms. The fourth-order valence-electron chi connectivity index (χ4n) is 2.02. The highest BCUT2D eigenvalue weighted by Crippen LogP contribution is 2.22. The lowest BCUT2D eigenvalue weighted by Crippen LogP contribution is -2.45. The molecule has 1 amide bonds. The zero-order chi connectivity index (χ0) is 13.0. The van der Waals surface area contributed by atoms with Crippen molar-refractivity contribution < 1.29 is 13.9 Å². The van der Waals surface area contributed by atoms with Crippen LogP contribution < -0.4 is 5.32 Å². The van der Waals surface area contributed by atoms with Crippen molar-refractivity contribution in [3.63, 3.8) is 0 Å². The molecule has 18 heavy (non-hydrogen) atoms. The molecular weight excluding hydrogens is 235 g/mol. The third-order valence-electron chi connectivity index (χ3n) is 2.99. The number of likely N-dealkylation sites (N-methyl/N-ethyl adjacent to an activating group) is 1. The van der Waals surface area contributed by atoms with Crippen LogP contribution in [0.15, 0.2) is 24.3 Å². The first kappa shape index (κ1) is 13.0. The van der Waals surface area contributed by atoms with Gasteiger partial charge >= 0.3 is 0 Å². The molecule has 0 saturated carbocycles. The maximum Gasteiger partial charge on any atom is 0.236 e. The SMILES string of the molecule is CNCC(=O)N1CCOC(c2ccc(F)cc2)C1. The molecule has 1 unspecified atom stereocenters. The number of nitrogens with one attached hydrogen (secondary N) is 1. The average molecular weight is 252 g/mol. The van der Waals surface area contributed by atoms with Gasteiger partial charge in [0.25, 0.3) is 0 Å². The summed E-state index contributed by atoms with van der Waals surface area (Å²) in [5, 5.41) is 2.85. The van der Waals surface area contributed by atoms with Gasteiger partial charge in [-0.1, -0.05) is 12.1 Å². The second-order valence-corrected chi connectivity index (χ2v) is 4.28. The zero-order valence-electron chi connectivity index (χ0n) is 10.4. The van der Waals surface area contributed by atoms with Gasteiger partial charge in [0.15, 0.2) is 0 Å². The molecular formula is C13H17FN2O2. The molecule has 0 spiro atoms. The molecule has 1 aliphatic rings. The zero-order valence-corrected chi connectivity index (χ0v) is 10.4. The molecule has 1 heterocycles. The van der Waals surface area contributed by atoms with Crippen LogP contribution >= 0.6 is 0 Å². The van der Waals surface area contributed by atoms with E-state index in [1.54, 1.807) is 24.1 Å². The third kappa shape index (κ3) is 3.05. The van der Waals surface area contributed by atoms with E-state index >= 15 is 0 Å². The molecule has 1 aromatic carbocycles. The summed E-state index contributed by atoms with van der Waals surface area (Å²) in [4.78, 5) is 13.5. The van der Waals surface area contributed by atoms with Gasteiger partial charge in [-0.2, -0.15) is 0 Å². The maximum atomic E-state index is 12.8. The van der Waals surface area contributed by atoms with Crippen LogP contribution in [-0.4, -0.2) is 44.1 Å². The summed E-state index contributed by atoms with van der Waals surface area (Å²) in [6.45, 7) is 1.97. The third-order valence-corrected chi connectivity index (χ3v) is 2.99. The van der Waals surface area contributed by atoms with Crippen molar-refractivity contribution in [1.29, 1.82) is 0 Å². The van der Waals surface area contributed by atoms with Crippen molar-refractivity contribution in [3.8, 4) is 0 Å². The molecule has 0 aliphatic carbocycles. The standard InChI is InChI=1S/C13H17FN2O2/c1-15-8-13(17)16-6-7-18-12(9-16)10-2-4-11(14)5-3-10/h2-5,12,15H,6-9H2,1H3. The summed E-state index contributed by atoms with van der Waals surface area (Å²) in [5.74, 6) is -0.203. The minimum atomic E-state index is -0.266. The Labute approximate surface area is 106 Å². The number of carbonyl (C=O) groups is 1. The van der Waals surface area contributed by atoms with Crippen LogP contribution in [0.3, 0.4) is 0 Å². The van der Waals surface area contributed by atoms with Crippen LogP contribution in [0.1, 0.15) is 11.7 Å². The number of hydrogen-bond donors (Lipinski definition) is 1. The lowest BCUT2D eigenvalue weighted by molar-refractivity contribution is -0.137. The van der Waals surface area contributed by atoms with E-state index in [4.69, 9.17) is 4.74 Å². The van der Waals surface area contributed by atoms with Crippen LogP contribution in [0.25, 0.3) is 0 Å². The van der Waals surface area contributed by atoms with Gasteiger partial charge in [-0.15, -0.1) is 0 Å². The van der Waals surface area contributed by atoms with Crippen LogP contribution in [0.4, 0.5) is 4.39 Å². The lowest BCUT2D eigenvalue weighted by atomic mass is 10.1. The molecule has 1 fully saturated rings. The molecule has 2 rings (SSSR count). The number of hydrogen-bond acceptors (Lipinski definition) is 3. The highest BCUT2D eigenvalue weighted by atomic mass is 19.1. The van der Waals surface area contributed by atoms with E-state index in [9.17, 15) is 9.18 Å².